The molecule has 20 heavy (non-hydrogen) atoms. The van der Waals surface area contributed by atoms with Crippen molar-refractivity contribution in [3.8, 4) is 5.75 Å². The van der Waals surface area contributed by atoms with Crippen LogP contribution in [-0.4, -0.2) is 30.0 Å². The second kappa shape index (κ2) is 6.64. The number of nitrogens with zero attached hydrogens (tertiary/aromatic N) is 1. The fourth-order valence-electron chi connectivity index (χ4n) is 2.92. The SMILES string of the molecule is CCOc1ccc(C(=O)N(CC)C2CCCC2)cc1N. The summed E-state index contributed by atoms with van der Waals surface area (Å²) in [6.45, 7) is 5.27. The first kappa shape index (κ1) is 14.7. The number of hydrogen-bond acceptors (Lipinski definition) is 3. The Morgan fingerprint density at radius 3 is 2.60 bits per heavy atom. The van der Waals surface area contributed by atoms with Gasteiger partial charge in [-0.2, -0.15) is 0 Å². The van der Waals surface area contributed by atoms with Gasteiger partial charge in [-0.25, -0.2) is 0 Å². The van der Waals surface area contributed by atoms with E-state index in [9.17, 15) is 4.79 Å². The molecule has 1 aliphatic rings. The van der Waals surface area contributed by atoms with Gasteiger partial charge in [0.1, 0.15) is 5.75 Å². The van der Waals surface area contributed by atoms with Crippen molar-refractivity contribution in [2.24, 2.45) is 0 Å². The Kier molecular flexibility index (Phi) is 4.88. The molecule has 1 aliphatic carbocycles. The fraction of sp³-hybridized carbons (Fsp3) is 0.562. The van der Waals surface area contributed by atoms with Crippen molar-refractivity contribution in [3.63, 3.8) is 0 Å². The molecule has 2 rings (SSSR count). The van der Waals surface area contributed by atoms with Crippen molar-refractivity contribution in [3.05, 3.63) is 23.8 Å². The average Bonchev–Trinajstić information content (AvgIpc) is 2.96. The number of benzene rings is 1. The minimum atomic E-state index is 0.0779. The van der Waals surface area contributed by atoms with Crippen molar-refractivity contribution in [1.82, 2.24) is 4.90 Å². The number of hydrogen-bond donors (Lipinski definition) is 1. The van der Waals surface area contributed by atoms with E-state index in [4.69, 9.17) is 10.5 Å². The standard InChI is InChI=1S/C16H24N2O2/c1-3-18(13-7-5-6-8-13)16(19)12-9-10-15(20-4-2)14(17)11-12/h9-11,13H,3-8,17H2,1-2H3. The predicted octanol–water partition coefficient (Wildman–Crippen LogP) is 3.07. The van der Waals surface area contributed by atoms with Crippen LogP contribution < -0.4 is 10.5 Å². The Labute approximate surface area is 120 Å². The van der Waals surface area contributed by atoms with Crippen LogP contribution in [0.5, 0.6) is 5.75 Å². The third-order valence-corrected chi connectivity index (χ3v) is 3.92. The second-order valence-electron chi connectivity index (χ2n) is 5.22. The zero-order valence-electron chi connectivity index (χ0n) is 12.4. The molecule has 1 saturated carbocycles. The molecule has 0 unspecified atom stereocenters. The molecule has 1 aromatic carbocycles. The summed E-state index contributed by atoms with van der Waals surface area (Å²) < 4.78 is 5.41. The molecule has 0 aromatic heterocycles. The number of nitrogen functional groups attached to an aromatic ring is 1. The minimum Gasteiger partial charge on any atom is -0.492 e. The van der Waals surface area contributed by atoms with Gasteiger partial charge in [0.25, 0.3) is 5.91 Å². The normalized spacial score (nSPS) is 15.3. The molecule has 0 atom stereocenters. The highest BCUT2D eigenvalue weighted by molar-refractivity contribution is 5.95. The summed E-state index contributed by atoms with van der Waals surface area (Å²) in [4.78, 5) is 14.6. The Bertz CT molecular complexity index is 468. The molecule has 0 saturated heterocycles. The van der Waals surface area contributed by atoms with E-state index in [0.717, 1.165) is 19.4 Å². The van der Waals surface area contributed by atoms with E-state index >= 15 is 0 Å². The smallest absolute Gasteiger partial charge is 0.254 e. The number of carbonyl (C=O) groups is 1. The summed E-state index contributed by atoms with van der Waals surface area (Å²) in [7, 11) is 0. The summed E-state index contributed by atoms with van der Waals surface area (Å²) >= 11 is 0. The second-order valence-corrected chi connectivity index (χ2v) is 5.22. The Morgan fingerprint density at radius 1 is 1.35 bits per heavy atom. The zero-order valence-corrected chi connectivity index (χ0v) is 12.4. The van der Waals surface area contributed by atoms with E-state index in [1.165, 1.54) is 12.8 Å². The van der Waals surface area contributed by atoms with Crippen molar-refractivity contribution < 1.29 is 9.53 Å². The largest absolute Gasteiger partial charge is 0.492 e. The molecule has 1 aromatic rings. The number of carbonyl (C=O) groups excluding carboxylic acids is 1. The molecule has 110 valence electrons. The lowest BCUT2D eigenvalue weighted by Gasteiger charge is -2.28. The van der Waals surface area contributed by atoms with Crippen LogP contribution in [0.1, 0.15) is 49.9 Å². The van der Waals surface area contributed by atoms with E-state index in [1.807, 2.05) is 18.7 Å². The van der Waals surface area contributed by atoms with Crippen LogP contribution in [0.3, 0.4) is 0 Å². The maximum Gasteiger partial charge on any atom is 0.254 e. The lowest BCUT2D eigenvalue weighted by molar-refractivity contribution is 0.0693. The number of nitrogens with two attached hydrogens (primary N) is 1. The monoisotopic (exact) mass is 276 g/mol. The quantitative estimate of drug-likeness (QED) is 0.841. The lowest BCUT2D eigenvalue weighted by atomic mass is 10.1. The molecule has 1 amide bonds. The first-order valence-electron chi connectivity index (χ1n) is 7.50. The van der Waals surface area contributed by atoms with E-state index in [2.05, 4.69) is 0 Å². The maximum atomic E-state index is 12.6. The van der Waals surface area contributed by atoms with E-state index in [1.54, 1.807) is 18.2 Å². The van der Waals surface area contributed by atoms with E-state index < -0.39 is 0 Å². The molecule has 4 heteroatoms. The van der Waals surface area contributed by atoms with Gasteiger partial charge in [0.2, 0.25) is 0 Å². The average molecular weight is 276 g/mol. The topological polar surface area (TPSA) is 55.6 Å². The van der Waals surface area contributed by atoms with Crippen LogP contribution in [0.15, 0.2) is 18.2 Å². The van der Waals surface area contributed by atoms with Gasteiger partial charge in [0.15, 0.2) is 0 Å². The fourth-order valence-corrected chi connectivity index (χ4v) is 2.92. The molecule has 0 aliphatic heterocycles. The number of anilines is 1. The zero-order chi connectivity index (χ0) is 14.5. The predicted molar refractivity (Wildman–Crippen MR) is 81.0 cm³/mol. The van der Waals surface area contributed by atoms with Gasteiger partial charge in [-0.1, -0.05) is 12.8 Å². The minimum absolute atomic E-state index is 0.0779. The van der Waals surface area contributed by atoms with Crippen molar-refractivity contribution >= 4 is 11.6 Å². The van der Waals surface area contributed by atoms with Crippen LogP contribution in [0.2, 0.25) is 0 Å². The number of ether oxygens (including phenoxy) is 1. The number of amides is 1. The molecular formula is C16H24N2O2. The summed E-state index contributed by atoms with van der Waals surface area (Å²) in [5, 5.41) is 0. The highest BCUT2D eigenvalue weighted by Gasteiger charge is 2.26. The van der Waals surface area contributed by atoms with Crippen molar-refractivity contribution in [2.75, 3.05) is 18.9 Å². The molecular weight excluding hydrogens is 252 g/mol. The molecule has 2 N–H and O–H groups in total. The highest BCUT2D eigenvalue weighted by atomic mass is 16.5. The van der Waals surface area contributed by atoms with E-state index in [0.29, 0.717) is 29.6 Å². The van der Waals surface area contributed by atoms with Gasteiger partial charge in [-0.05, 0) is 44.9 Å². The van der Waals surface area contributed by atoms with Crippen LogP contribution in [0, 0.1) is 0 Å². The maximum absolute atomic E-state index is 12.6. The van der Waals surface area contributed by atoms with E-state index in [-0.39, 0.29) is 5.91 Å². The first-order chi connectivity index (χ1) is 9.67. The first-order valence-corrected chi connectivity index (χ1v) is 7.50. The Balaban J connectivity index is 2.16. The van der Waals surface area contributed by atoms with Crippen LogP contribution in [0.25, 0.3) is 0 Å². The Morgan fingerprint density at radius 2 is 2.05 bits per heavy atom. The van der Waals surface area contributed by atoms with Crippen LogP contribution in [-0.2, 0) is 0 Å². The molecule has 0 spiro atoms. The lowest BCUT2D eigenvalue weighted by Crippen LogP contribution is -2.38. The molecule has 4 nitrogen and oxygen atoms in total. The van der Waals surface area contributed by atoms with Gasteiger partial charge < -0.3 is 15.4 Å². The summed E-state index contributed by atoms with van der Waals surface area (Å²) in [5.41, 5.74) is 7.12. The van der Waals surface area contributed by atoms with Gasteiger partial charge in [-0.3, -0.25) is 4.79 Å². The number of rotatable bonds is 5. The van der Waals surface area contributed by atoms with Crippen LogP contribution >= 0.6 is 0 Å². The van der Waals surface area contributed by atoms with Crippen LogP contribution in [0.4, 0.5) is 5.69 Å². The molecule has 0 radical (unpaired) electrons. The third kappa shape index (κ3) is 3.06. The van der Waals surface area contributed by atoms with Crippen molar-refractivity contribution in [1.29, 1.82) is 0 Å². The third-order valence-electron chi connectivity index (χ3n) is 3.92. The molecule has 1 fully saturated rings. The Hall–Kier alpha value is -1.71. The van der Waals surface area contributed by atoms with Gasteiger partial charge in [-0.15, -0.1) is 0 Å². The van der Waals surface area contributed by atoms with Gasteiger partial charge in [0.05, 0.1) is 12.3 Å². The van der Waals surface area contributed by atoms with Crippen molar-refractivity contribution in [2.45, 2.75) is 45.6 Å². The molecule has 0 bridgehead atoms. The highest BCUT2D eigenvalue weighted by Crippen LogP contribution is 2.27. The summed E-state index contributed by atoms with van der Waals surface area (Å²) in [6.07, 6.45) is 4.68. The summed E-state index contributed by atoms with van der Waals surface area (Å²) in [6, 6.07) is 5.71. The summed E-state index contributed by atoms with van der Waals surface area (Å²) in [5.74, 6) is 0.724. The van der Waals surface area contributed by atoms with Gasteiger partial charge >= 0.3 is 0 Å². The molecule has 0 heterocycles. The van der Waals surface area contributed by atoms with Gasteiger partial charge in [0, 0.05) is 18.2 Å².